The van der Waals surface area contributed by atoms with Crippen LogP contribution in [0, 0.1) is 0 Å². The van der Waals surface area contributed by atoms with E-state index < -0.39 is 33.4 Å². The third-order valence-corrected chi connectivity index (χ3v) is 5.07. The van der Waals surface area contributed by atoms with Gasteiger partial charge in [0, 0.05) is 16.9 Å². The number of nitrogens with two attached hydrogens (primary N) is 1. The molecule has 0 spiro atoms. The van der Waals surface area contributed by atoms with E-state index >= 15 is 0 Å². The average molecular weight is 460 g/mol. The van der Waals surface area contributed by atoms with Crippen molar-refractivity contribution in [2.24, 2.45) is 0 Å². The molecule has 3 aromatic rings. The van der Waals surface area contributed by atoms with Crippen LogP contribution in [0.3, 0.4) is 0 Å². The Labute approximate surface area is 174 Å². The van der Waals surface area contributed by atoms with Crippen molar-refractivity contribution in [2.45, 2.75) is 12.1 Å². The second-order valence-electron chi connectivity index (χ2n) is 6.87. The molecule has 11 heteroatoms. The standard InChI is InChI=1S/C20H17F5N2O3S/c1-30-18-16(9-14(26)10-17(18)19(21,22)20(23,24)25)13-4-3-12-8-15(27-31(2,28)29)6-5-11(12)7-13/h3-10,27H,26H2,1-2H3. The van der Waals surface area contributed by atoms with Gasteiger partial charge in [0.15, 0.2) is 0 Å². The molecule has 0 aliphatic heterocycles. The summed E-state index contributed by atoms with van der Waals surface area (Å²) >= 11 is 0. The van der Waals surface area contributed by atoms with Crippen LogP contribution in [0.1, 0.15) is 5.56 Å². The van der Waals surface area contributed by atoms with Crippen molar-refractivity contribution in [3.8, 4) is 16.9 Å². The fraction of sp³-hybridized carbons (Fsp3) is 0.200. The number of ether oxygens (including phenoxy) is 1. The third kappa shape index (κ3) is 4.50. The fourth-order valence-corrected chi connectivity index (χ4v) is 3.72. The summed E-state index contributed by atoms with van der Waals surface area (Å²) in [6.07, 6.45) is -4.83. The molecule has 0 atom stereocenters. The van der Waals surface area contributed by atoms with Gasteiger partial charge in [0.25, 0.3) is 0 Å². The number of hydrogen-bond donors (Lipinski definition) is 2. The summed E-state index contributed by atoms with van der Waals surface area (Å²) in [7, 11) is -2.49. The molecule has 3 aromatic carbocycles. The molecule has 0 saturated carbocycles. The van der Waals surface area contributed by atoms with Gasteiger partial charge in [-0.1, -0.05) is 18.2 Å². The molecule has 166 valence electrons. The average Bonchev–Trinajstić information content (AvgIpc) is 2.64. The highest BCUT2D eigenvalue weighted by atomic mass is 32.2. The summed E-state index contributed by atoms with van der Waals surface area (Å²) in [6, 6.07) is 11.0. The molecular weight excluding hydrogens is 443 g/mol. The van der Waals surface area contributed by atoms with Crippen molar-refractivity contribution in [1.82, 2.24) is 0 Å². The Morgan fingerprint density at radius 1 is 0.935 bits per heavy atom. The monoisotopic (exact) mass is 460 g/mol. The summed E-state index contributed by atoms with van der Waals surface area (Å²) in [6.45, 7) is 0. The Morgan fingerprint density at radius 2 is 1.55 bits per heavy atom. The molecule has 0 unspecified atom stereocenters. The van der Waals surface area contributed by atoms with Crippen LogP contribution < -0.4 is 15.2 Å². The number of anilines is 2. The minimum atomic E-state index is -5.84. The Morgan fingerprint density at radius 3 is 2.13 bits per heavy atom. The molecule has 0 fully saturated rings. The van der Waals surface area contributed by atoms with E-state index in [1.54, 1.807) is 24.3 Å². The number of nitrogen functional groups attached to an aromatic ring is 1. The van der Waals surface area contributed by atoms with Crippen LogP contribution in [0.5, 0.6) is 5.75 Å². The van der Waals surface area contributed by atoms with Crippen LogP contribution in [0.15, 0.2) is 48.5 Å². The van der Waals surface area contributed by atoms with Crippen molar-refractivity contribution in [1.29, 1.82) is 0 Å². The lowest BCUT2D eigenvalue weighted by molar-refractivity contribution is -0.289. The SMILES string of the molecule is COc1c(-c2ccc3cc(NS(C)(=O)=O)ccc3c2)cc(N)cc1C(F)(F)C(F)(F)F. The van der Waals surface area contributed by atoms with Crippen molar-refractivity contribution < 1.29 is 35.1 Å². The summed E-state index contributed by atoms with van der Waals surface area (Å²) in [5, 5.41) is 1.20. The van der Waals surface area contributed by atoms with Gasteiger partial charge in [-0.05, 0) is 46.7 Å². The molecule has 0 heterocycles. The van der Waals surface area contributed by atoms with Crippen molar-refractivity contribution in [2.75, 3.05) is 23.8 Å². The van der Waals surface area contributed by atoms with E-state index in [2.05, 4.69) is 4.72 Å². The number of fused-ring (bicyclic) bond motifs is 1. The van der Waals surface area contributed by atoms with Gasteiger partial charge in [-0.25, -0.2) is 8.42 Å². The highest BCUT2D eigenvalue weighted by Crippen LogP contribution is 2.50. The Balaban J connectivity index is 2.17. The van der Waals surface area contributed by atoms with Gasteiger partial charge < -0.3 is 10.5 Å². The summed E-state index contributed by atoms with van der Waals surface area (Å²) in [4.78, 5) is 0. The van der Waals surface area contributed by atoms with E-state index in [-0.39, 0.29) is 11.3 Å². The zero-order chi connectivity index (χ0) is 23.2. The molecule has 3 N–H and O–H groups in total. The van der Waals surface area contributed by atoms with Gasteiger partial charge in [0.05, 0.1) is 18.9 Å². The van der Waals surface area contributed by atoms with Crippen LogP contribution in [0.2, 0.25) is 0 Å². The van der Waals surface area contributed by atoms with E-state index in [0.717, 1.165) is 13.4 Å². The molecule has 0 aromatic heterocycles. The van der Waals surface area contributed by atoms with Crippen molar-refractivity contribution in [3.63, 3.8) is 0 Å². The normalized spacial score (nSPS) is 12.7. The molecule has 0 saturated heterocycles. The zero-order valence-electron chi connectivity index (χ0n) is 16.2. The Hall–Kier alpha value is -3.08. The molecule has 0 amide bonds. The molecule has 0 aliphatic rings. The lowest BCUT2D eigenvalue weighted by Gasteiger charge is -2.24. The molecule has 0 aliphatic carbocycles. The van der Waals surface area contributed by atoms with E-state index in [0.29, 0.717) is 28.1 Å². The fourth-order valence-electron chi connectivity index (χ4n) is 3.16. The van der Waals surface area contributed by atoms with Gasteiger partial charge in [0.2, 0.25) is 10.0 Å². The molecule has 3 rings (SSSR count). The Bertz CT molecular complexity index is 1260. The quantitative estimate of drug-likeness (QED) is 0.409. The van der Waals surface area contributed by atoms with Gasteiger partial charge in [-0.2, -0.15) is 22.0 Å². The number of methoxy groups -OCH3 is 1. The summed E-state index contributed by atoms with van der Waals surface area (Å²) in [5.41, 5.74) is 4.52. The highest BCUT2D eigenvalue weighted by Gasteiger charge is 2.60. The number of hydrogen-bond acceptors (Lipinski definition) is 4. The van der Waals surface area contributed by atoms with E-state index in [9.17, 15) is 30.4 Å². The van der Waals surface area contributed by atoms with Crippen molar-refractivity contribution >= 4 is 32.2 Å². The van der Waals surface area contributed by atoms with E-state index in [1.807, 2.05) is 0 Å². The second kappa shape index (κ2) is 7.56. The number of rotatable bonds is 5. The lowest BCUT2D eigenvalue weighted by atomic mass is 9.95. The topological polar surface area (TPSA) is 81.4 Å². The van der Waals surface area contributed by atoms with Crippen LogP contribution in [-0.2, 0) is 15.9 Å². The largest absolute Gasteiger partial charge is 0.496 e. The zero-order valence-corrected chi connectivity index (χ0v) is 17.0. The minimum Gasteiger partial charge on any atom is -0.496 e. The van der Waals surface area contributed by atoms with Gasteiger partial charge >= 0.3 is 12.1 Å². The van der Waals surface area contributed by atoms with Gasteiger partial charge in [-0.3, -0.25) is 4.72 Å². The third-order valence-electron chi connectivity index (χ3n) is 4.46. The van der Waals surface area contributed by atoms with Crippen LogP contribution >= 0.6 is 0 Å². The number of sulfonamides is 1. The molecule has 31 heavy (non-hydrogen) atoms. The number of nitrogens with one attached hydrogen (secondary N) is 1. The predicted octanol–water partition coefficient (Wildman–Crippen LogP) is 5.12. The maximum atomic E-state index is 14.1. The first-order valence-corrected chi connectivity index (χ1v) is 10.6. The van der Waals surface area contributed by atoms with Crippen LogP contribution in [0.4, 0.5) is 33.3 Å². The molecular formula is C20H17F5N2O3S. The summed E-state index contributed by atoms with van der Waals surface area (Å²) in [5.74, 6) is -5.82. The first-order chi connectivity index (χ1) is 14.2. The summed E-state index contributed by atoms with van der Waals surface area (Å²) < 4.78 is 97.2. The first kappa shape index (κ1) is 22.6. The van der Waals surface area contributed by atoms with Crippen molar-refractivity contribution in [3.05, 3.63) is 54.1 Å². The first-order valence-electron chi connectivity index (χ1n) is 8.67. The lowest BCUT2D eigenvalue weighted by Crippen LogP contribution is -2.34. The van der Waals surface area contributed by atoms with E-state index in [4.69, 9.17) is 10.5 Å². The van der Waals surface area contributed by atoms with Gasteiger partial charge in [0.1, 0.15) is 5.75 Å². The number of benzene rings is 3. The second-order valence-corrected chi connectivity index (χ2v) is 8.62. The highest BCUT2D eigenvalue weighted by molar-refractivity contribution is 7.92. The molecule has 0 bridgehead atoms. The Kier molecular flexibility index (Phi) is 5.51. The molecule has 5 nitrogen and oxygen atoms in total. The van der Waals surface area contributed by atoms with E-state index in [1.165, 1.54) is 18.2 Å². The number of alkyl halides is 5. The van der Waals surface area contributed by atoms with Crippen LogP contribution in [-0.4, -0.2) is 28.0 Å². The minimum absolute atomic E-state index is 0.0401. The predicted molar refractivity (Wildman–Crippen MR) is 109 cm³/mol. The number of halogens is 5. The smallest absolute Gasteiger partial charge is 0.458 e. The molecule has 0 radical (unpaired) electrons. The van der Waals surface area contributed by atoms with Crippen LogP contribution in [0.25, 0.3) is 21.9 Å². The maximum Gasteiger partial charge on any atom is 0.458 e. The van der Waals surface area contributed by atoms with Gasteiger partial charge in [-0.15, -0.1) is 0 Å². The maximum absolute atomic E-state index is 14.1.